The number of methoxy groups -OCH3 is 1. The molecule has 4 heteroatoms. The molecule has 112 valence electrons. The summed E-state index contributed by atoms with van der Waals surface area (Å²) in [5.74, 6) is 0.531. The van der Waals surface area contributed by atoms with Crippen LogP contribution in [-0.2, 0) is 0 Å². The predicted octanol–water partition coefficient (Wildman–Crippen LogP) is 4.69. The summed E-state index contributed by atoms with van der Waals surface area (Å²) in [6.45, 7) is 2.89. The molecule has 0 aliphatic rings. The number of hydrogen-bond acceptors (Lipinski definition) is 2. The van der Waals surface area contributed by atoms with Gasteiger partial charge in [0.1, 0.15) is 11.6 Å². The predicted molar refractivity (Wildman–Crippen MR) is 87.2 cm³/mol. The third-order valence-corrected chi connectivity index (χ3v) is 3.81. The van der Waals surface area contributed by atoms with E-state index in [0.717, 1.165) is 28.8 Å². The van der Waals surface area contributed by atoms with Gasteiger partial charge in [0, 0.05) is 15.6 Å². The van der Waals surface area contributed by atoms with E-state index in [1.165, 1.54) is 6.07 Å². The van der Waals surface area contributed by atoms with Crippen LogP contribution in [0.25, 0.3) is 0 Å². The van der Waals surface area contributed by atoms with Gasteiger partial charge in [-0.25, -0.2) is 4.39 Å². The molecule has 2 aromatic rings. The van der Waals surface area contributed by atoms with Crippen molar-refractivity contribution < 1.29 is 9.13 Å². The Balaban J connectivity index is 2.49. The van der Waals surface area contributed by atoms with Crippen molar-refractivity contribution in [2.75, 3.05) is 13.7 Å². The Morgan fingerprint density at radius 1 is 1.19 bits per heavy atom. The first kappa shape index (κ1) is 16.0. The Morgan fingerprint density at radius 3 is 2.67 bits per heavy atom. The van der Waals surface area contributed by atoms with Gasteiger partial charge in [0.15, 0.2) is 0 Å². The van der Waals surface area contributed by atoms with E-state index in [-0.39, 0.29) is 11.9 Å². The Hall–Kier alpha value is -1.39. The molecule has 0 aliphatic heterocycles. The van der Waals surface area contributed by atoms with Gasteiger partial charge in [-0.2, -0.15) is 0 Å². The third-order valence-electron chi connectivity index (χ3n) is 3.32. The molecule has 0 aromatic heterocycles. The van der Waals surface area contributed by atoms with E-state index in [9.17, 15) is 4.39 Å². The molecule has 2 nitrogen and oxygen atoms in total. The lowest BCUT2D eigenvalue weighted by Gasteiger charge is -2.22. The molecule has 0 aliphatic carbocycles. The molecule has 1 unspecified atom stereocenters. The molecule has 2 aromatic carbocycles. The van der Waals surface area contributed by atoms with Gasteiger partial charge in [-0.3, -0.25) is 0 Å². The number of benzene rings is 2. The van der Waals surface area contributed by atoms with E-state index >= 15 is 0 Å². The fraction of sp³-hybridized carbons (Fsp3) is 0.294. The van der Waals surface area contributed by atoms with Crippen LogP contribution in [0.15, 0.2) is 46.9 Å². The summed E-state index contributed by atoms with van der Waals surface area (Å²) >= 11 is 3.42. The highest BCUT2D eigenvalue weighted by atomic mass is 79.9. The van der Waals surface area contributed by atoms with Gasteiger partial charge in [0.2, 0.25) is 0 Å². The van der Waals surface area contributed by atoms with Gasteiger partial charge in [0.05, 0.1) is 13.2 Å². The molecule has 0 heterocycles. The molecule has 0 amide bonds. The molecular weight excluding hydrogens is 333 g/mol. The van der Waals surface area contributed by atoms with Crippen molar-refractivity contribution in [3.8, 4) is 5.75 Å². The minimum absolute atomic E-state index is 0.224. The molecule has 0 saturated heterocycles. The Kier molecular flexibility index (Phi) is 5.76. The molecule has 1 N–H and O–H groups in total. The standard InChI is InChI=1S/C17H19BrFNO/c1-3-10-20-17(13-6-4-5-7-16(13)21-2)14-11-12(18)8-9-15(14)19/h4-9,11,17,20H,3,10H2,1-2H3. The first-order valence-electron chi connectivity index (χ1n) is 6.98. The van der Waals surface area contributed by atoms with Crippen molar-refractivity contribution in [3.63, 3.8) is 0 Å². The number of ether oxygens (including phenoxy) is 1. The molecule has 0 fully saturated rings. The number of rotatable bonds is 6. The Morgan fingerprint density at radius 2 is 1.95 bits per heavy atom. The topological polar surface area (TPSA) is 21.3 Å². The van der Waals surface area contributed by atoms with E-state index in [1.807, 2.05) is 30.3 Å². The second kappa shape index (κ2) is 7.57. The van der Waals surface area contributed by atoms with E-state index < -0.39 is 0 Å². The van der Waals surface area contributed by atoms with Gasteiger partial charge in [-0.1, -0.05) is 41.1 Å². The van der Waals surface area contributed by atoms with E-state index in [2.05, 4.69) is 28.2 Å². The summed E-state index contributed by atoms with van der Waals surface area (Å²) < 4.78 is 20.5. The lowest BCUT2D eigenvalue weighted by atomic mass is 9.97. The summed E-state index contributed by atoms with van der Waals surface area (Å²) in [4.78, 5) is 0. The maximum absolute atomic E-state index is 14.3. The molecule has 0 radical (unpaired) electrons. The summed E-state index contributed by atoms with van der Waals surface area (Å²) in [6.07, 6.45) is 0.973. The second-order valence-corrected chi connectivity index (χ2v) is 5.71. The van der Waals surface area contributed by atoms with Crippen molar-refractivity contribution >= 4 is 15.9 Å². The van der Waals surface area contributed by atoms with E-state index in [0.29, 0.717) is 5.56 Å². The maximum atomic E-state index is 14.3. The highest BCUT2D eigenvalue weighted by Gasteiger charge is 2.20. The zero-order valence-electron chi connectivity index (χ0n) is 12.2. The van der Waals surface area contributed by atoms with Crippen LogP contribution in [0, 0.1) is 5.82 Å². The molecule has 0 spiro atoms. The minimum atomic E-state index is -0.237. The van der Waals surface area contributed by atoms with Crippen molar-refractivity contribution in [2.45, 2.75) is 19.4 Å². The molecular formula is C17H19BrFNO. The lowest BCUT2D eigenvalue weighted by molar-refractivity contribution is 0.402. The second-order valence-electron chi connectivity index (χ2n) is 4.79. The summed E-state index contributed by atoms with van der Waals surface area (Å²) in [6, 6.07) is 12.5. The van der Waals surface area contributed by atoms with Crippen LogP contribution in [0.3, 0.4) is 0 Å². The zero-order chi connectivity index (χ0) is 15.2. The van der Waals surface area contributed by atoms with Crippen LogP contribution in [-0.4, -0.2) is 13.7 Å². The van der Waals surface area contributed by atoms with Crippen molar-refractivity contribution in [2.24, 2.45) is 0 Å². The van der Waals surface area contributed by atoms with Crippen LogP contribution >= 0.6 is 15.9 Å². The van der Waals surface area contributed by atoms with Crippen molar-refractivity contribution in [1.82, 2.24) is 5.32 Å². The normalized spacial score (nSPS) is 12.2. The summed E-state index contributed by atoms with van der Waals surface area (Å²) in [7, 11) is 1.63. The van der Waals surface area contributed by atoms with Crippen molar-refractivity contribution in [1.29, 1.82) is 0 Å². The molecule has 2 rings (SSSR count). The van der Waals surface area contributed by atoms with Crippen molar-refractivity contribution in [3.05, 3.63) is 63.9 Å². The zero-order valence-corrected chi connectivity index (χ0v) is 13.8. The van der Waals surface area contributed by atoms with Gasteiger partial charge in [-0.15, -0.1) is 0 Å². The lowest BCUT2D eigenvalue weighted by Crippen LogP contribution is -2.24. The quantitative estimate of drug-likeness (QED) is 0.815. The van der Waals surface area contributed by atoms with Gasteiger partial charge in [0.25, 0.3) is 0 Å². The van der Waals surface area contributed by atoms with Gasteiger partial charge in [-0.05, 0) is 37.2 Å². The highest BCUT2D eigenvalue weighted by molar-refractivity contribution is 9.10. The van der Waals surface area contributed by atoms with Crippen LogP contribution in [0.5, 0.6) is 5.75 Å². The maximum Gasteiger partial charge on any atom is 0.128 e. The summed E-state index contributed by atoms with van der Waals surface area (Å²) in [5, 5.41) is 3.40. The first-order chi connectivity index (χ1) is 10.2. The molecule has 0 saturated carbocycles. The van der Waals surface area contributed by atoms with Gasteiger partial charge >= 0.3 is 0 Å². The average molecular weight is 352 g/mol. The smallest absolute Gasteiger partial charge is 0.128 e. The molecule has 21 heavy (non-hydrogen) atoms. The highest BCUT2D eigenvalue weighted by Crippen LogP contribution is 2.32. The number of halogens is 2. The Bertz CT molecular complexity index is 603. The SMILES string of the molecule is CCCNC(c1cc(Br)ccc1F)c1ccccc1OC. The number of nitrogens with one attached hydrogen (secondary N) is 1. The summed E-state index contributed by atoms with van der Waals surface area (Å²) in [5.41, 5.74) is 1.55. The van der Waals surface area contributed by atoms with Gasteiger partial charge < -0.3 is 10.1 Å². The van der Waals surface area contributed by atoms with Crippen LogP contribution in [0.1, 0.15) is 30.5 Å². The average Bonchev–Trinajstić information content (AvgIpc) is 2.51. The fourth-order valence-corrected chi connectivity index (χ4v) is 2.70. The van der Waals surface area contributed by atoms with Crippen LogP contribution in [0.4, 0.5) is 4.39 Å². The molecule has 0 bridgehead atoms. The molecule has 1 atom stereocenters. The monoisotopic (exact) mass is 351 g/mol. The largest absolute Gasteiger partial charge is 0.496 e. The van der Waals surface area contributed by atoms with Crippen LogP contribution in [0.2, 0.25) is 0 Å². The Labute approximate surface area is 133 Å². The number of para-hydroxylation sites is 1. The first-order valence-corrected chi connectivity index (χ1v) is 7.78. The van der Waals surface area contributed by atoms with Crippen LogP contribution < -0.4 is 10.1 Å². The number of hydrogen-bond donors (Lipinski definition) is 1. The van der Waals surface area contributed by atoms with E-state index in [1.54, 1.807) is 13.2 Å². The third kappa shape index (κ3) is 3.83. The van der Waals surface area contributed by atoms with E-state index in [4.69, 9.17) is 4.74 Å². The fourth-order valence-electron chi connectivity index (χ4n) is 2.32. The minimum Gasteiger partial charge on any atom is -0.496 e.